The zero-order valence-corrected chi connectivity index (χ0v) is 12.5. The summed E-state index contributed by atoms with van der Waals surface area (Å²) in [6, 6.07) is 0. The Labute approximate surface area is 115 Å². The molecule has 0 unspecified atom stereocenters. The Hall–Kier alpha value is -0.130. The number of hydrogen-bond acceptors (Lipinski definition) is 3. The van der Waals surface area contributed by atoms with Crippen molar-refractivity contribution in [2.24, 2.45) is 21.1 Å². The van der Waals surface area contributed by atoms with Gasteiger partial charge in [0.25, 0.3) is 0 Å². The molecule has 0 spiro atoms. The molecule has 1 rings (SSSR count). The van der Waals surface area contributed by atoms with Gasteiger partial charge in [-0.25, -0.2) is 28.1 Å². The monoisotopic (exact) mass is 429 g/mol. The quantitative estimate of drug-likeness (QED) is 0.511. The van der Waals surface area contributed by atoms with Gasteiger partial charge in [-0.1, -0.05) is 0 Å². The van der Waals surface area contributed by atoms with E-state index in [-0.39, 0.29) is 49.4 Å². The molecule has 0 aliphatic carbocycles. The van der Waals surface area contributed by atoms with E-state index in [0.29, 0.717) is 0 Å². The molecule has 8 heteroatoms. The molecule has 0 N–H and O–H groups in total. The molecule has 0 bridgehead atoms. The molecular formula is C6H13I2N3O3. The van der Waals surface area contributed by atoms with E-state index in [1.807, 2.05) is 0 Å². The Kier molecular flexibility index (Phi) is 6.61. The highest BCUT2D eigenvalue weighted by Crippen LogP contribution is 1.58. The van der Waals surface area contributed by atoms with Crippen LogP contribution in [0.15, 0.2) is 14.4 Å². The normalized spacial score (nSPS) is 8.79. The second kappa shape index (κ2) is 5.68. The standard InChI is InChI=1S/C6H9N3O3.2HI.H2/c1-7-4(10)8(2)6(12)9(3)5(7)11;;;/h1-3H3;3*1H. The minimum atomic E-state index is -0.608. The average molecular weight is 429 g/mol. The van der Waals surface area contributed by atoms with Crippen molar-refractivity contribution in [2.45, 2.75) is 0 Å². The molecule has 84 valence electrons. The predicted octanol–water partition coefficient (Wildman–Crippen LogP) is -0.735. The molecule has 0 amide bonds. The lowest BCUT2D eigenvalue weighted by atomic mass is 10.8. The Bertz CT molecular complexity index is 388. The second-order valence-corrected chi connectivity index (χ2v) is 2.52. The van der Waals surface area contributed by atoms with E-state index in [0.717, 1.165) is 13.7 Å². The van der Waals surface area contributed by atoms with Crippen LogP contribution in [0.2, 0.25) is 0 Å². The van der Waals surface area contributed by atoms with Crippen LogP contribution < -0.4 is 17.1 Å². The zero-order chi connectivity index (χ0) is 9.46. The Balaban J connectivity index is -0.000000480. The molecule has 1 aromatic heterocycles. The Morgan fingerprint density at radius 3 is 1.00 bits per heavy atom. The summed E-state index contributed by atoms with van der Waals surface area (Å²) in [7, 11) is 3.97. The van der Waals surface area contributed by atoms with E-state index in [9.17, 15) is 14.4 Å². The molecule has 0 aliphatic rings. The van der Waals surface area contributed by atoms with E-state index in [1.54, 1.807) is 0 Å². The Morgan fingerprint density at radius 1 is 0.714 bits per heavy atom. The minimum Gasteiger partial charge on any atom is -0.248 e. The van der Waals surface area contributed by atoms with E-state index < -0.39 is 17.1 Å². The largest absolute Gasteiger partial charge is 0.335 e. The van der Waals surface area contributed by atoms with Gasteiger partial charge in [0, 0.05) is 22.6 Å². The molecule has 1 aromatic rings. The van der Waals surface area contributed by atoms with Crippen molar-refractivity contribution in [2.75, 3.05) is 0 Å². The van der Waals surface area contributed by atoms with Crippen molar-refractivity contribution < 1.29 is 1.43 Å². The lowest BCUT2D eigenvalue weighted by molar-refractivity contribution is 0.551. The maximum absolute atomic E-state index is 11.1. The van der Waals surface area contributed by atoms with Crippen LogP contribution in [0.3, 0.4) is 0 Å². The zero-order valence-electron chi connectivity index (χ0n) is 7.88. The smallest absolute Gasteiger partial charge is 0.248 e. The van der Waals surface area contributed by atoms with Gasteiger partial charge in [-0.2, -0.15) is 0 Å². The van der Waals surface area contributed by atoms with Crippen LogP contribution in [0.4, 0.5) is 0 Å². The summed E-state index contributed by atoms with van der Waals surface area (Å²) in [5, 5.41) is 0. The van der Waals surface area contributed by atoms with E-state index in [4.69, 9.17) is 0 Å². The summed E-state index contributed by atoms with van der Waals surface area (Å²) in [5.74, 6) is 0. The first-order valence-corrected chi connectivity index (χ1v) is 3.30. The third-order valence-corrected chi connectivity index (χ3v) is 1.72. The van der Waals surface area contributed by atoms with Gasteiger partial charge in [-0.15, -0.1) is 48.0 Å². The van der Waals surface area contributed by atoms with E-state index >= 15 is 0 Å². The van der Waals surface area contributed by atoms with Crippen molar-refractivity contribution in [3.63, 3.8) is 0 Å². The van der Waals surface area contributed by atoms with Crippen molar-refractivity contribution in [3.05, 3.63) is 31.5 Å². The first-order chi connectivity index (χ1) is 5.46. The first-order valence-electron chi connectivity index (χ1n) is 3.30. The SMILES string of the molecule is Cn1c(=O)n(C)c(=O)n(C)c1=O.I.I.[HH]. The van der Waals surface area contributed by atoms with Crippen molar-refractivity contribution in [1.82, 2.24) is 13.7 Å². The topological polar surface area (TPSA) is 66.0 Å². The van der Waals surface area contributed by atoms with Crippen LogP contribution in [0.1, 0.15) is 1.43 Å². The molecular weight excluding hydrogens is 416 g/mol. The van der Waals surface area contributed by atoms with Gasteiger partial charge in [0.05, 0.1) is 0 Å². The number of halogens is 2. The molecule has 0 fully saturated rings. The molecule has 0 aliphatic heterocycles. The maximum Gasteiger partial charge on any atom is 0.335 e. The minimum absolute atomic E-state index is 0. The van der Waals surface area contributed by atoms with E-state index in [1.165, 1.54) is 21.1 Å². The molecule has 0 saturated heterocycles. The van der Waals surface area contributed by atoms with Crippen LogP contribution in [-0.2, 0) is 21.1 Å². The summed E-state index contributed by atoms with van der Waals surface area (Å²) >= 11 is 0. The van der Waals surface area contributed by atoms with Crippen LogP contribution in [-0.4, -0.2) is 13.7 Å². The van der Waals surface area contributed by atoms with Gasteiger partial charge in [-0.05, 0) is 0 Å². The number of nitrogens with zero attached hydrogens (tertiary/aromatic N) is 3. The molecule has 0 saturated carbocycles. The van der Waals surface area contributed by atoms with Crippen LogP contribution >= 0.6 is 48.0 Å². The summed E-state index contributed by atoms with van der Waals surface area (Å²) in [5.41, 5.74) is -1.82. The summed E-state index contributed by atoms with van der Waals surface area (Å²) < 4.78 is 2.63. The highest BCUT2D eigenvalue weighted by Gasteiger charge is 2.05. The summed E-state index contributed by atoms with van der Waals surface area (Å²) in [6.07, 6.45) is 0. The van der Waals surface area contributed by atoms with Crippen molar-refractivity contribution >= 4 is 48.0 Å². The highest BCUT2D eigenvalue weighted by atomic mass is 127. The van der Waals surface area contributed by atoms with Crippen LogP contribution in [0, 0.1) is 0 Å². The fraction of sp³-hybridized carbons (Fsp3) is 0.500. The van der Waals surface area contributed by atoms with Crippen LogP contribution in [0.5, 0.6) is 0 Å². The van der Waals surface area contributed by atoms with Gasteiger partial charge in [-0.3, -0.25) is 0 Å². The predicted molar refractivity (Wildman–Crippen MR) is 75.1 cm³/mol. The summed E-state index contributed by atoms with van der Waals surface area (Å²) in [4.78, 5) is 33.2. The lowest BCUT2D eigenvalue weighted by Crippen LogP contribution is -2.51. The van der Waals surface area contributed by atoms with Gasteiger partial charge in [0.1, 0.15) is 0 Å². The fourth-order valence-corrected chi connectivity index (χ4v) is 0.920. The summed E-state index contributed by atoms with van der Waals surface area (Å²) in [6.45, 7) is 0. The third kappa shape index (κ3) is 2.46. The van der Waals surface area contributed by atoms with E-state index in [2.05, 4.69) is 0 Å². The van der Waals surface area contributed by atoms with Gasteiger partial charge >= 0.3 is 17.1 Å². The van der Waals surface area contributed by atoms with Gasteiger partial charge in [0.2, 0.25) is 0 Å². The molecule has 0 radical (unpaired) electrons. The number of rotatable bonds is 0. The van der Waals surface area contributed by atoms with Crippen LogP contribution in [0.25, 0.3) is 0 Å². The first kappa shape index (κ1) is 16.3. The number of hydrogen-bond donors (Lipinski definition) is 0. The third-order valence-electron chi connectivity index (χ3n) is 1.72. The van der Waals surface area contributed by atoms with Crippen molar-refractivity contribution in [1.29, 1.82) is 0 Å². The second-order valence-electron chi connectivity index (χ2n) is 2.52. The molecule has 1 heterocycles. The molecule has 0 aromatic carbocycles. The highest BCUT2D eigenvalue weighted by molar-refractivity contribution is 14.0. The maximum atomic E-state index is 11.1. The fourth-order valence-electron chi connectivity index (χ4n) is 0.920. The lowest BCUT2D eigenvalue weighted by Gasteiger charge is -2.02. The number of aromatic nitrogens is 3. The van der Waals surface area contributed by atoms with Gasteiger partial charge in [0.15, 0.2) is 0 Å². The Morgan fingerprint density at radius 2 is 0.857 bits per heavy atom. The van der Waals surface area contributed by atoms with Crippen molar-refractivity contribution in [3.8, 4) is 0 Å². The molecule has 6 nitrogen and oxygen atoms in total. The molecule has 14 heavy (non-hydrogen) atoms. The average Bonchev–Trinajstić information content (AvgIpc) is 2.08. The van der Waals surface area contributed by atoms with Gasteiger partial charge < -0.3 is 0 Å². The molecule has 0 atom stereocenters.